The number of aryl methyl sites for hydroxylation is 1. The Morgan fingerprint density at radius 2 is 1.56 bits per heavy atom. The van der Waals surface area contributed by atoms with Crippen molar-refractivity contribution in [2.45, 2.75) is 26.8 Å². The maximum absolute atomic E-state index is 13.9. The highest BCUT2D eigenvalue weighted by Gasteiger charge is 2.20. The number of benzene rings is 3. The molecule has 4 aromatic rings. The SMILES string of the molecule is CCN(CC)CCCn1c(=O)c2cc(OC)c(OC)cc2c2ccc3cc4c(cc3c21)OCO4. The van der Waals surface area contributed by atoms with Gasteiger partial charge in [0.15, 0.2) is 23.0 Å². The summed E-state index contributed by atoms with van der Waals surface area (Å²) in [5.74, 6) is 2.58. The molecule has 3 aromatic carbocycles. The highest BCUT2D eigenvalue weighted by atomic mass is 16.7. The van der Waals surface area contributed by atoms with E-state index in [1.807, 2.05) is 22.8 Å². The summed E-state index contributed by atoms with van der Waals surface area (Å²) in [4.78, 5) is 16.3. The number of hydrogen-bond acceptors (Lipinski definition) is 6. The highest BCUT2D eigenvalue weighted by Crippen LogP contribution is 2.41. The molecule has 0 unspecified atom stereocenters. The molecule has 0 saturated heterocycles. The number of methoxy groups -OCH3 is 2. The minimum atomic E-state index is -0.0341. The van der Waals surface area contributed by atoms with Crippen LogP contribution in [0.3, 0.4) is 0 Å². The zero-order chi connectivity index (χ0) is 23.8. The van der Waals surface area contributed by atoms with Gasteiger partial charge < -0.3 is 28.4 Å². The van der Waals surface area contributed by atoms with E-state index < -0.39 is 0 Å². The molecule has 2 heterocycles. The van der Waals surface area contributed by atoms with Crippen molar-refractivity contribution < 1.29 is 18.9 Å². The molecule has 0 aliphatic carbocycles. The van der Waals surface area contributed by atoms with Gasteiger partial charge in [0.05, 0.1) is 25.1 Å². The lowest BCUT2D eigenvalue weighted by atomic mass is 9.99. The Hall–Kier alpha value is -3.45. The predicted molar refractivity (Wildman–Crippen MR) is 135 cm³/mol. The van der Waals surface area contributed by atoms with Crippen molar-refractivity contribution in [1.82, 2.24) is 9.47 Å². The number of hydrogen-bond donors (Lipinski definition) is 0. The molecule has 0 atom stereocenters. The molecule has 0 fully saturated rings. The zero-order valence-electron chi connectivity index (χ0n) is 20.1. The second kappa shape index (κ2) is 9.06. The van der Waals surface area contributed by atoms with Crippen LogP contribution in [0.1, 0.15) is 20.3 Å². The van der Waals surface area contributed by atoms with Crippen LogP contribution in [0.25, 0.3) is 32.4 Å². The van der Waals surface area contributed by atoms with Crippen LogP contribution in [0, 0.1) is 0 Å². The van der Waals surface area contributed by atoms with Crippen molar-refractivity contribution in [2.75, 3.05) is 40.6 Å². The van der Waals surface area contributed by atoms with E-state index in [0.717, 1.165) is 58.9 Å². The van der Waals surface area contributed by atoms with Gasteiger partial charge in [0.1, 0.15) is 0 Å². The fraction of sp³-hybridized carbons (Fsp3) is 0.370. The molecule has 7 nitrogen and oxygen atoms in total. The molecule has 34 heavy (non-hydrogen) atoms. The van der Waals surface area contributed by atoms with Gasteiger partial charge in [0.2, 0.25) is 6.79 Å². The van der Waals surface area contributed by atoms with E-state index in [1.54, 1.807) is 20.3 Å². The van der Waals surface area contributed by atoms with E-state index in [1.165, 1.54) is 0 Å². The smallest absolute Gasteiger partial charge is 0.259 e. The van der Waals surface area contributed by atoms with Gasteiger partial charge in [0, 0.05) is 22.7 Å². The number of aromatic nitrogens is 1. The van der Waals surface area contributed by atoms with E-state index in [0.29, 0.717) is 29.2 Å². The molecule has 5 rings (SSSR count). The van der Waals surface area contributed by atoms with Crippen LogP contribution >= 0.6 is 0 Å². The largest absolute Gasteiger partial charge is 0.493 e. The maximum atomic E-state index is 13.9. The molecule has 0 radical (unpaired) electrons. The molecule has 7 heteroatoms. The predicted octanol–water partition coefficient (Wildman–Crippen LogP) is 4.79. The van der Waals surface area contributed by atoms with E-state index in [4.69, 9.17) is 18.9 Å². The van der Waals surface area contributed by atoms with Crippen LogP contribution < -0.4 is 24.5 Å². The number of ether oxygens (including phenoxy) is 4. The Morgan fingerprint density at radius 3 is 2.24 bits per heavy atom. The van der Waals surface area contributed by atoms with Gasteiger partial charge in [-0.3, -0.25) is 4.79 Å². The van der Waals surface area contributed by atoms with E-state index in [9.17, 15) is 4.79 Å². The third-order valence-corrected chi connectivity index (χ3v) is 6.79. The minimum absolute atomic E-state index is 0.0341. The standard InChI is InChI=1S/C27H30N2O5/c1-5-28(6-2)10-7-11-29-26-18(9-8-17-12-24-25(13-19(17)26)34-16-33-24)20-14-22(31-3)23(32-4)15-21(20)27(29)30/h8-9,12-15H,5-7,10-11,16H2,1-4H3. The van der Waals surface area contributed by atoms with Crippen LogP contribution in [-0.2, 0) is 6.54 Å². The second-order valence-corrected chi connectivity index (χ2v) is 8.48. The molecule has 0 saturated carbocycles. The quantitative estimate of drug-likeness (QED) is 0.351. The Bertz CT molecular complexity index is 1440. The van der Waals surface area contributed by atoms with Crippen LogP contribution in [0.15, 0.2) is 41.2 Å². The summed E-state index contributed by atoms with van der Waals surface area (Å²) in [5.41, 5.74) is 0.869. The van der Waals surface area contributed by atoms with Crippen molar-refractivity contribution in [3.63, 3.8) is 0 Å². The summed E-state index contributed by atoms with van der Waals surface area (Å²) < 4.78 is 24.2. The summed E-state index contributed by atoms with van der Waals surface area (Å²) in [7, 11) is 3.19. The Labute approximate surface area is 198 Å². The second-order valence-electron chi connectivity index (χ2n) is 8.48. The van der Waals surface area contributed by atoms with Crippen molar-refractivity contribution in [1.29, 1.82) is 0 Å². The molecule has 178 valence electrons. The van der Waals surface area contributed by atoms with Crippen molar-refractivity contribution in [2.24, 2.45) is 0 Å². The van der Waals surface area contributed by atoms with Gasteiger partial charge in [-0.15, -0.1) is 0 Å². The van der Waals surface area contributed by atoms with Gasteiger partial charge >= 0.3 is 0 Å². The van der Waals surface area contributed by atoms with Crippen molar-refractivity contribution in [3.8, 4) is 23.0 Å². The zero-order valence-corrected chi connectivity index (χ0v) is 20.1. The summed E-state index contributed by atoms with van der Waals surface area (Å²) in [5, 5.41) is 4.43. The fourth-order valence-corrected chi connectivity index (χ4v) is 4.94. The number of fused-ring (bicyclic) bond motifs is 6. The first-order valence-corrected chi connectivity index (χ1v) is 11.8. The monoisotopic (exact) mass is 462 g/mol. The third kappa shape index (κ3) is 3.60. The Morgan fingerprint density at radius 1 is 0.882 bits per heavy atom. The maximum Gasteiger partial charge on any atom is 0.259 e. The van der Waals surface area contributed by atoms with Crippen molar-refractivity contribution in [3.05, 3.63) is 46.8 Å². The molecular formula is C27H30N2O5. The van der Waals surface area contributed by atoms with Gasteiger partial charge in [-0.05, 0) is 55.7 Å². The molecule has 0 spiro atoms. The third-order valence-electron chi connectivity index (χ3n) is 6.79. The average molecular weight is 463 g/mol. The Balaban J connectivity index is 1.80. The van der Waals surface area contributed by atoms with E-state index in [-0.39, 0.29) is 12.4 Å². The number of rotatable bonds is 8. The van der Waals surface area contributed by atoms with Gasteiger partial charge in [-0.25, -0.2) is 0 Å². The number of pyridine rings is 1. The molecular weight excluding hydrogens is 432 g/mol. The first kappa shape index (κ1) is 22.3. The van der Waals surface area contributed by atoms with Crippen molar-refractivity contribution >= 4 is 32.4 Å². The van der Waals surface area contributed by atoms with Gasteiger partial charge in [0.25, 0.3) is 5.56 Å². The minimum Gasteiger partial charge on any atom is -0.493 e. The normalized spacial score (nSPS) is 12.9. The van der Waals surface area contributed by atoms with Gasteiger partial charge in [-0.1, -0.05) is 26.0 Å². The topological polar surface area (TPSA) is 62.2 Å². The van der Waals surface area contributed by atoms with Crippen LogP contribution in [-0.4, -0.2) is 50.1 Å². The molecule has 1 aromatic heterocycles. The summed E-state index contributed by atoms with van der Waals surface area (Å²) in [6.45, 7) is 8.07. The lowest BCUT2D eigenvalue weighted by Crippen LogP contribution is -2.27. The van der Waals surface area contributed by atoms with E-state index in [2.05, 4.69) is 30.9 Å². The first-order chi connectivity index (χ1) is 16.6. The molecule has 0 amide bonds. The highest BCUT2D eigenvalue weighted by molar-refractivity contribution is 6.16. The van der Waals surface area contributed by atoms with Crippen LogP contribution in [0.5, 0.6) is 23.0 Å². The first-order valence-electron chi connectivity index (χ1n) is 11.8. The molecule has 0 bridgehead atoms. The number of nitrogens with zero attached hydrogens (tertiary/aromatic N) is 2. The summed E-state index contributed by atoms with van der Waals surface area (Å²) >= 11 is 0. The molecule has 0 N–H and O–H groups in total. The summed E-state index contributed by atoms with van der Waals surface area (Å²) in [6.07, 6.45) is 0.871. The lowest BCUT2D eigenvalue weighted by Gasteiger charge is -2.20. The fourth-order valence-electron chi connectivity index (χ4n) is 4.94. The van der Waals surface area contributed by atoms with Gasteiger partial charge in [-0.2, -0.15) is 0 Å². The molecule has 1 aliphatic heterocycles. The van der Waals surface area contributed by atoms with Crippen LogP contribution in [0.2, 0.25) is 0 Å². The average Bonchev–Trinajstić information content (AvgIpc) is 3.33. The molecule has 1 aliphatic rings. The van der Waals surface area contributed by atoms with Crippen LogP contribution in [0.4, 0.5) is 0 Å². The summed E-state index contributed by atoms with van der Waals surface area (Å²) in [6, 6.07) is 11.8. The van der Waals surface area contributed by atoms with E-state index >= 15 is 0 Å². The Kier molecular flexibility index (Phi) is 5.96. The lowest BCUT2D eigenvalue weighted by molar-refractivity contribution is 0.174.